The van der Waals surface area contributed by atoms with Gasteiger partial charge in [-0.1, -0.05) is 11.6 Å². The molecule has 1 unspecified atom stereocenters. The average molecular weight is 388 g/mol. The largest absolute Gasteiger partial charge is 0.496 e. The lowest BCUT2D eigenvalue weighted by atomic mass is 9.95. The third-order valence-corrected chi connectivity index (χ3v) is 6.33. The zero-order valence-electron chi connectivity index (χ0n) is 15.9. The number of aromatic nitrogens is 2. The molecule has 1 aliphatic rings. The van der Waals surface area contributed by atoms with Crippen LogP contribution in [0.1, 0.15) is 38.4 Å². The van der Waals surface area contributed by atoms with E-state index >= 15 is 0 Å². The number of hydrogen-bond acceptors (Lipinski definition) is 5. The second kappa shape index (κ2) is 8.19. The molecule has 6 nitrogen and oxygen atoms in total. The standard InChI is InChI=1S/C20H25N3O3S/c1-14(16-7-5-4-6-8-16)23-27(24,25)18-9-10-20(26-3)19(11-18)17-12-21-15(2)22-13-17/h7,9-14,23H,4-6,8H2,1-3H3. The molecule has 1 aromatic carbocycles. The lowest BCUT2D eigenvalue weighted by molar-refractivity contribution is 0.416. The lowest BCUT2D eigenvalue weighted by Crippen LogP contribution is -2.34. The van der Waals surface area contributed by atoms with Crippen LogP contribution in [0, 0.1) is 6.92 Å². The summed E-state index contributed by atoms with van der Waals surface area (Å²) in [5.74, 6) is 1.22. The number of hydrogen-bond donors (Lipinski definition) is 1. The smallest absolute Gasteiger partial charge is 0.241 e. The minimum absolute atomic E-state index is 0.196. The van der Waals surface area contributed by atoms with Crippen molar-refractivity contribution in [2.75, 3.05) is 7.11 Å². The Morgan fingerprint density at radius 3 is 2.56 bits per heavy atom. The molecule has 7 heteroatoms. The molecular weight excluding hydrogens is 362 g/mol. The second-order valence-electron chi connectivity index (χ2n) is 6.75. The average Bonchev–Trinajstić information content (AvgIpc) is 2.68. The molecule has 0 spiro atoms. The van der Waals surface area contributed by atoms with Gasteiger partial charge in [0, 0.05) is 29.6 Å². The first-order valence-electron chi connectivity index (χ1n) is 9.09. The molecule has 0 fully saturated rings. The van der Waals surface area contributed by atoms with Gasteiger partial charge < -0.3 is 4.74 Å². The van der Waals surface area contributed by atoms with E-state index in [1.54, 1.807) is 44.6 Å². The number of methoxy groups -OCH3 is 1. The highest BCUT2D eigenvalue weighted by Crippen LogP contribution is 2.32. The van der Waals surface area contributed by atoms with E-state index < -0.39 is 10.0 Å². The second-order valence-corrected chi connectivity index (χ2v) is 8.46. The lowest BCUT2D eigenvalue weighted by Gasteiger charge is -2.21. The third kappa shape index (κ3) is 4.54. The van der Waals surface area contributed by atoms with Crippen LogP contribution in [-0.2, 0) is 10.0 Å². The zero-order valence-corrected chi connectivity index (χ0v) is 16.7. The highest BCUT2D eigenvalue weighted by Gasteiger charge is 2.22. The topological polar surface area (TPSA) is 81.2 Å². The van der Waals surface area contributed by atoms with Gasteiger partial charge in [0.25, 0.3) is 0 Å². The van der Waals surface area contributed by atoms with E-state index in [0.717, 1.165) is 24.8 Å². The first kappa shape index (κ1) is 19.5. The maximum absolute atomic E-state index is 12.9. The molecule has 3 rings (SSSR count). The molecule has 1 heterocycles. The van der Waals surface area contributed by atoms with Gasteiger partial charge in [-0.05, 0) is 57.7 Å². The Kier molecular flexibility index (Phi) is 5.92. The molecule has 1 aromatic heterocycles. The van der Waals surface area contributed by atoms with Gasteiger partial charge >= 0.3 is 0 Å². The number of allylic oxidation sites excluding steroid dienone is 1. The number of sulfonamides is 1. The first-order valence-corrected chi connectivity index (χ1v) is 10.6. The summed E-state index contributed by atoms with van der Waals surface area (Å²) in [5.41, 5.74) is 2.51. The van der Waals surface area contributed by atoms with Gasteiger partial charge in [0.15, 0.2) is 0 Å². The van der Waals surface area contributed by atoms with E-state index in [1.165, 1.54) is 6.42 Å². The van der Waals surface area contributed by atoms with E-state index in [-0.39, 0.29) is 10.9 Å². The highest BCUT2D eigenvalue weighted by atomic mass is 32.2. The SMILES string of the molecule is COc1ccc(S(=O)(=O)NC(C)C2=CCCCC2)cc1-c1cnc(C)nc1. The van der Waals surface area contributed by atoms with Crippen molar-refractivity contribution in [2.24, 2.45) is 0 Å². The molecule has 0 radical (unpaired) electrons. The van der Waals surface area contributed by atoms with Crippen LogP contribution in [0.5, 0.6) is 5.75 Å². The molecule has 1 atom stereocenters. The number of aryl methyl sites for hydroxylation is 1. The molecule has 27 heavy (non-hydrogen) atoms. The summed E-state index contributed by atoms with van der Waals surface area (Å²) in [4.78, 5) is 8.58. The Morgan fingerprint density at radius 1 is 1.19 bits per heavy atom. The summed E-state index contributed by atoms with van der Waals surface area (Å²) in [5, 5.41) is 0. The van der Waals surface area contributed by atoms with Crippen LogP contribution in [0.25, 0.3) is 11.1 Å². The Morgan fingerprint density at radius 2 is 1.93 bits per heavy atom. The van der Waals surface area contributed by atoms with Crippen molar-refractivity contribution in [3.8, 4) is 16.9 Å². The van der Waals surface area contributed by atoms with Gasteiger partial charge in [-0.2, -0.15) is 0 Å². The molecule has 0 saturated heterocycles. The summed E-state index contributed by atoms with van der Waals surface area (Å²) >= 11 is 0. The Hall–Kier alpha value is -2.25. The van der Waals surface area contributed by atoms with Crippen molar-refractivity contribution in [2.45, 2.75) is 50.5 Å². The van der Waals surface area contributed by atoms with Crippen LogP contribution < -0.4 is 9.46 Å². The van der Waals surface area contributed by atoms with Crippen LogP contribution in [0.15, 0.2) is 47.1 Å². The molecule has 0 bridgehead atoms. The van der Waals surface area contributed by atoms with Crippen LogP contribution in [0.3, 0.4) is 0 Å². The quantitative estimate of drug-likeness (QED) is 0.766. The number of benzene rings is 1. The van der Waals surface area contributed by atoms with Crippen molar-refractivity contribution in [1.82, 2.24) is 14.7 Å². The van der Waals surface area contributed by atoms with Crippen molar-refractivity contribution in [3.05, 3.63) is 48.1 Å². The monoisotopic (exact) mass is 387 g/mol. The summed E-state index contributed by atoms with van der Waals surface area (Å²) in [6.07, 6.45) is 9.72. The number of rotatable bonds is 6. The minimum Gasteiger partial charge on any atom is -0.496 e. The van der Waals surface area contributed by atoms with Gasteiger partial charge in [-0.3, -0.25) is 0 Å². The molecule has 1 N–H and O–H groups in total. The molecular formula is C20H25N3O3S. The maximum Gasteiger partial charge on any atom is 0.241 e. The Labute approximate surface area is 160 Å². The van der Waals surface area contributed by atoms with E-state index in [9.17, 15) is 8.42 Å². The summed E-state index contributed by atoms with van der Waals surface area (Å²) in [6.45, 7) is 3.69. The Bertz CT molecular complexity index is 937. The summed E-state index contributed by atoms with van der Waals surface area (Å²) in [6, 6.07) is 4.61. The van der Waals surface area contributed by atoms with Crippen molar-refractivity contribution < 1.29 is 13.2 Å². The van der Waals surface area contributed by atoms with Gasteiger partial charge in [0.05, 0.1) is 12.0 Å². The highest BCUT2D eigenvalue weighted by molar-refractivity contribution is 7.89. The molecule has 144 valence electrons. The van der Waals surface area contributed by atoms with Crippen molar-refractivity contribution >= 4 is 10.0 Å². The fourth-order valence-corrected chi connectivity index (χ4v) is 4.52. The number of ether oxygens (including phenoxy) is 1. The minimum atomic E-state index is -3.66. The van der Waals surface area contributed by atoms with Crippen LogP contribution in [0.4, 0.5) is 0 Å². The van der Waals surface area contributed by atoms with Gasteiger partial charge in [0.1, 0.15) is 11.6 Å². The predicted molar refractivity (Wildman–Crippen MR) is 105 cm³/mol. The third-order valence-electron chi connectivity index (χ3n) is 4.79. The summed E-state index contributed by atoms with van der Waals surface area (Å²) in [7, 11) is -2.11. The van der Waals surface area contributed by atoms with E-state index in [1.807, 2.05) is 6.92 Å². The maximum atomic E-state index is 12.9. The molecule has 0 aliphatic heterocycles. The van der Waals surface area contributed by atoms with Gasteiger partial charge in [-0.25, -0.2) is 23.1 Å². The molecule has 1 aliphatic carbocycles. The van der Waals surface area contributed by atoms with Crippen molar-refractivity contribution in [3.63, 3.8) is 0 Å². The fourth-order valence-electron chi connectivity index (χ4n) is 3.24. The number of nitrogens with zero attached hydrogens (tertiary/aromatic N) is 2. The Balaban J connectivity index is 1.92. The normalized spacial score (nSPS) is 15.9. The van der Waals surface area contributed by atoms with E-state index in [0.29, 0.717) is 22.7 Å². The zero-order chi connectivity index (χ0) is 19.4. The first-order chi connectivity index (χ1) is 12.9. The van der Waals surface area contributed by atoms with Gasteiger partial charge in [0.2, 0.25) is 10.0 Å². The van der Waals surface area contributed by atoms with Gasteiger partial charge in [-0.15, -0.1) is 0 Å². The molecule has 0 amide bonds. The van der Waals surface area contributed by atoms with Crippen LogP contribution in [0.2, 0.25) is 0 Å². The summed E-state index contributed by atoms with van der Waals surface area (Å²) < 4.78 is 34.0. The van der Waals surface area contributed by atoms with Crippen molar-refractivity contribution in [1.29, 1.82) is 0 Å². The molecule has 2 aromatic rings. The fraction of sp³-hybridized carbons (Fsp3) is 0.400. The number of nitrogens with one attached hydrogen (secondary N) is 1. The van der Waals surface area contributed by atoms with Crippen LogP contribution >= 0.6 is 0 Å². The predicted octanol–water partition coefficient (Wildman–Crippen LogP) is 3.63. The van der Waals surface area contributed by atoms with E-state index in [4.69, 9.17) is 4.74 Å². The molecule has 0 saturated carbocycles. The van der Waals surface area contributed by atoms with Crippen LogP contribution in [-0.4, -0.2) is 31.5 Å². The van der Waals surface area contributed by atoms with E-state index in [2.05, 4.69) is 20.8 Å².